The summed E-state index contributed by atoms with van der Waals surface area (Å²) >= 11 is 7.24. The maximum Gasteiger partial charge on any atom is 0.283 e. The highest BCUT2D eigenvalue weighted by atomic mass is 35.5. The number of rotatable bonds is 5. The molecule has 2 N–H and O–H groups in total. The smallest absolute Gasteiger partial charge is 0.283 e. The Hall–Kier alpha value is -3.55. The Labute approximate surface area is 205 Å². The van der Waals surface area contributed by atoms with Crippen molar-refractivity contribution in [3.05, 3.63) is 93.2 Å². The Morgan fingerprint density at radius 1 is 1.09 bits per heavy atom. The number of fused-ring (bicyclic) bond motifs is 3. The van der Waals surface area contributed by atoms with Crippen LogP contribution in [0.1, 0.15) is 11.1 Å². The van der Waals surface area contributed by atoms with Gasteiger partial charge in [-0.3, -0.25) is 14.2 Å². The van der Waals surface area contributed by atoms with Gasteiger partial charge in [-0.05, 0) is 55.3 Å². The summed E-state index contributed by atoms with van der Waals surface area (Å²) in [4.78, 5) is 34.5. The van der Waals surface area contributed by atoms with Crippen molar-refractivity contribution in [3.8, 4) is 5.69 Å². The van der Waals surface area contributed by atoms with Gasteiger partial charge >= 0.3 is 0 Å². The molecule has 0 unspecified atom stereocenters. The van der Waals surface area contributed by atoms with Crippen molar-refractivity contribution in [3.63, 3.8) is 0 Å². The number of amides is 1. The zero-order valence-electron chi connectivity index (χ0n) is 18.6. The molecule has 0 fully saturated rings. The number of carbonyl (C=O) groups excluding carboxylic acids is 1. The summed E-state index contributed by atoms with van der Waals surface area (Å²) in [5, 5.41) is 4.71. The summed E-state index contributed by atoms with van der Waals surface area (Å²) in [5.41, 5.74) is 5.08. The van der Waals surface area contributed by atoms with Gasteiger partial charge in [0.05, 0.1) is 11.4 Å². The van der Waals surface area contributed by atoms with Crippen molar-refractivity contribution in [2.75, 3.05) is 11.1 Å². The third kappa shape index (κ3) is 4.08. The van der Waals surface area contributed by atoms with Crippen molar-refractivity contribution >= 4 is 56.9 Å². The minimum atomic E-state index is -0.215. The van der Waals surface area contributed by atoms with E-state index in [0.717, 1.165) is 27.7 Å². The Morgan fingerprint density at radius 2 is 1.88 bits per heavy atom. The number of nitrogens with zero attached hydrogens (tertiary/aromatic N) is 2. The van der Waals surface area contributed by atoms with Crippen molar-refractivity contribution < 1.29 is 4.79 Å². The van der Waals surface area contributed by atoms with Crippen LogP contribution in [0.4, 0.5) is 5.69 Å². The van der Waals surface area contributed by atoms with Crippen molar-refractivity contribution in [2.45, 2.75) is 19.0 Å². The summed E-state index contributed by atoms with van der Waals surface area (Å²) < 4.78 is 1.59. The number of carbonyl (C=O) groups is 1. The molecular formula is C26H21ClN4O2S. The summed E-state index contributed by atoms with van der Waals surface area (Å²) in [6, 6.07) is 20.5. The highest BCUT2D eigenvalue weighted by Gasteiger charge is 2.19. The number of hydrogen-bond donors (Lipinski definition) is 2. The minimum Gasteiger partial charge on any atom is -0.349 e. The first-order chi connectivity index (χ1) is 16.4. The molecule has 8 heteroatoms. The molecule has 0 radical (unpaired) electrons. The van der Waals surface area contributed by atoms with E-state index in [-0.39, 0.29) is 17.2 Å². The molecule has 3 aromatic carbocycles. The van der Waals surface area contributed by atoms with E-state index in [2.05, 4.69) is 10.3 Å². The van der Waals surface area contributed by atoms with E-state index in [4.69, 9.17) is 16.6 Å². The van der Waals surface area contributed by atoms with Gasteiger partial charge in [0.15, 0.2) is 5.16 Å². The molecule has 2 heterocycles. The minimum absolute atomic E-state index is 0.0810. The molecular weight excluding hydrogens is 468 g/mol. The van der Waals surface area contributed by atoms with Crippen LogP contribution < -0.4 is 10.9 Å². The average molecular weight is 489 g/mol. The predicted molar refractivity (Wildman–Crippen MR) is 139 cm³/mol. The van der Waals surface area contributed by atoms with Gasteiger partial charge in [0.2, 0.25) is 5.91 Å². The lowest BCUT2D eigenvalue weighted by atomic mass is 10.1. The second-order valence-corrected chi connectivity index (χ2v) is 9.37. The summed E-state index contributed by atoms with van der Waals surface area (Å²) in [6.45, 7) is 3.98. The van der Waals surface area contributed by atoms with Crippen LogP contribution in [0.3, 0.4) is 0 Å². The van der Waals surface area contributed by atoms with E-state index in [0.29, 0.717) is 26.9 Å². The number of aryl methyl sites for hydroxylation is 1. The molecule has 34 heavy (non-hydrogen) atoms. The van der Waals surface area contributed by atoms with Crippen LogP contribution in [-0.4, -0.2) is 26.2 Å². The summed E-state index contributed by atoms with van der Waals surface area (Å²) in [5.74, 6) is -0.134. The van der Waals surface area contributed by atoms with Crippen LogP contribution in [0, 0.1) is 13.8 Å². The predicted octanol–water partition coefficient (Wildman–Crippen LogP) is 5.87. The standard InChI is InChI=1S/C26H21ClN4O2S/c1-15-7-5-12-21(16(15)2)31-25(33)24-23(19-10-3-4-11-20(19)29-24)30-26(31)34-14-22(32)28-18-9-6-8-17(27)13-18/h3-13,29H,14H2,1-2H3,(H,28,32). The normalized spacial score (nSPS) is 11.3. The number of anilines is 1. The molecule has 0 aliphatic carbocycles. The van der Waals surface area contributed by atoms with Crippen LogP contribution in [0.15, 0.2) is 76.7 Å². The first-order valence-electron chi connectivity index (χ1n) is 10.7. The van der Waals surface area contributed by atoms with E-state index >= 15 is 0 Å². The number of halogens is 1. The molecule has 170 valence electrons. The van der Waals surface area contributed by atoms with Crippen LogP contribution >= 0.6 is 23.4 Å². The Kier molecular flexibility index (Phi) is 5.89. The van der Waals surface area contributed by atoms with Gasteiger partial charge in [-0.1, -0.05) is 59.8 Å². The van der Waals surface area contributed by atoms with Gasteiger partial charge in [-0.25, -0.2) is 4.98 Å². The molecule has 2 aromatic heterocycles. The highest BCUT2D eigenvalue weighted by molar-refractivity contribution is 7.99. The van der Waals surface area contributed by atoms with Gasteiger partial charge in [0, 0.05) is 21.6 Å². The topological polar surface area (TPSA) is 79.8 Å². The zero-order chi connectivity index (χ0) is 23.8. The molecule has 0 atom stereocenters. The molecule has 5 rings (SSSR count). The number of aromatic nitrogens is 3. The Morgan fingerprint density at radius 3 is 2.71 bits per heavy atom. The van der Waals surface area contributed by atoms with Crippen LogP contribution in [0.25, 0.3) is 27.6 Å². The van der Waals surface area contributed by atoms with E-state index in [1.54, 1.807) is 28.8 Å². The first kappa shape index (κ1) is 22.3. The summed E-state index contributed by atoms with van der Waals surface area (Å²) in [7, 11) is 0. The van der Waals surface area contributed by atoms with Gasteiger partial charge in [0.25, 0.3) is 5.56 Å². The van der Waals surface area contributed by atoms with Crippen LogP contribution in [-0.2, 0) is 4.79 Å². The molecule has 0 saturated heterocycles. The molecule has 0 saturated carbocycles. The lowest BCUT2D eigenvalue weighted by Crippen LogP contribution is -2.23. The molecule has 0 bridgehead atoms. The molecule has 0 spiro atoms. The third-order valence-corrected chi connectivity index (χ3v) is 6.93. The number of benzene rings is 3. The van der Waals surface area contributed by atoms with Gasteiger partial charge in [0.1, 0.15) is 11.0 Å². The fourth-order valence-electron chi connectivity index (χ4n) is 3.92. The number of aromatic amines is 1. The van der Waals surface area contributed by atoms with Crippen LogP contribution in [0.2, 0.25) is 5.02 Å². The summed E-state index contributed by atoms with van der Waals surface area (Å²) in [6.07, 6.45) is 0. The van der Waals surface area contributed by atoms with Gasteiger partial charge in [-0.2, -0.15) is 0 Å². The van der Waals surface area contributed by atoms with Crippen molar-refractivity contribution in [1.29, 1.82) is 0 Å². The lowest BCUT2D eigenvalue weighted by molar-refractivity contribution is -0.113. The number of para-hydroxylation sites is 1. The van der Waals surface area contributed by atoms with Crippen LogP contribution in [0.5, 0.6) is 0 Å². The maximum atomic E-state index is 13.7. The first-order valence-corrected chi connectivity index (χ1v) is 12.1. The van der Waals surface area contributed by atoms with Gasteiger partial charge in [-0.15, -0.1) is 0 Å². The molecule has 1 amide bonds. The number of hydrogen-bond acceptors (Lipinski definition) is 4. The van der Waals surface area contributed by atoms with E-state index in [1.807, 2.05) is 56.3 Å². The van der Waals surface area contributed by atoms with Crippen molar-refractivity contribution in [2.24, 2.45) is 0 Å². The monoisotopic (exact) mass is 488 g/mol. The number of thioether (sulfide) groups is 1. The molecule has 0 aliphatic heterocycles. The van der Waals surface area contributed by atoms with Crippen molar-refractivity contribution in [1.82, 2.24) is 14.5 Å². The number of H-pyrrole nitrogens is 1. The molecule has 6 nitrogen and oxygen atoms in total. The fraction of sp³-hybridized carbons (Fsp3) is 0.115. The van der Waals surface area contributed by atoms with E-state index in [1.165, 1.54) is 11.8 Å². The largest absolute Gasteiger partial charge is 0.349 e. The maximum absolute atomic E-state index is 13.7. The van der Waals surface area contributed by atoms with E-state index in [9.17, 15) is 9.59 Å². The number of nitrogens with one attached hydrogen (secondary N) is 2. The zero-order valence-corrected chi connectivity index (χ0v) is 20.1. The third-order valence-electron chi connectivity index (χ3n) is 5.75. The average Bonchev–Trinajstić information content (AvgIpc) is 3.19. The van der Waals surface area contributed by atoms with E-state index < -0.39 is 0 Å². The fourth-order valence-corrected chi connectivity index (χ4v) is 4.91. The lowest BCUT2D eigenvalue weighted by Gasteiger charge is -2.15. The van der Waals surface area contributed by atoms with Gasteiger partial charge < -0.3 is 10.3 Å². The quantitative estimate of drug-likeness (QED) is 0.239. The highest BCUT2D eigenvalue weighted by Crippen LogP contribution is 2.28. The molecule has 0 aliphatic rings. The Bertz CT molecular complexity index is 1620. The SMILES string of the molecule is Cc1cccc(-n2c(SCC(=O)Nc3cccc(Cl)c3)nc3c([nH]c4ccccc43)c2=O)c1C. The second kappa shape index (κ2) is 9.00. The Balaban J connectivity index is 1.60. The second-order valence-electron chi connectivity index (χ2n) is 8.00. The molecule has 5 aromatic rings.